The number of carbonyl (C=O) groups excluding carboxylic acids is 1. The fourth-order valence-electron chi connectivity index (χ4n) is 1.12. The minimum Gasteiger partial charge on any atom is -1.00 e. The topological polar surface area (TPSA) is 29.1 Å². The van der Waals surface area contributed by atoms with Crippen molar-refractivity contribution in [2.75, 3.05) is 20.1 Å². The summed E-state index contributed by atoms with van der Waals surface area (Å²) < 4.78 is 0.444. The zero-order chi connectivity index (χ0) is 10.3. The summed E-state index contributed by atoms with van der Waals surface area (Å²) in [5.74, 6) is 0.0474. The number of carbonyl (C=O) groups is 1. The van der Waals surface area contributed by atoms with E-state index in [0.717, 1.165) is 0 Å². The first-order chi connectivity index (χ1) is 6.08. The van der Waals surface area contributed by atoms with Gasteiger partial charge < -0.3 is 12.4 Å². The molecule has 1 amide bonds. The summed E-state index contributed by atoms with van der Waals surface area (Å²) in [5, 5.41) is 0. The highest BCUT2D eigenvalue weighted by atomic mass is 35.5. The van der Waals surface area contributed by atoms with Gasteiger partial charge in [-0.25, -0.2) is 10.0 Å². The second-order valence-electron chi connectivity index (χ2n) is 3.23. The highest BCUT2D eigenvalue weighted by Gasteiger charge is 2.20. The average Bonchev–Trinajstić information content (AvgIpc) is 2.04. The molecule has 0 radical (unpaired) electrons. The number of hydrogen-bond donors (Lipinski definition) is 1. The molecule has 82 valence electrons. The monoisotopic (exact) mass is 218 g/mol. The lowest BCUT2D eigenvalue weighted by Gasteiger charge is -2.31. The average molecular weight is 219 g/mol. The van der Waals surface area contributed by atoms with Crippen molar-refractivity contribution in [3.63, 3.8) is 0 Å². The number of likely N-dealkylation sites (N-methyl/N-ethyl adjacent to an activating group) is 1. The highest BCUT2D eigenvalue weighted by Crippen LogP contribution is 1.98. The molecule has 0 aliphatic rings. The summed E-state index contributed by atoms with van der Waals surface area (Å²) in [5.41, 5.74) is 2.90. The number of hydrogen-bond acceptors (Lipinski definition) is 1. The largest absolute Gasteiger partial charge is 1.00 e. The van der Waals surface area contributed by atoms with Crippen molar-refractivity contribution >= 4 is 5.91 Å². The van der Waals surface area contributed by atoms with E-state index in [4.69, 9.17) is 0 Å². The van der Waals surface area contributed by atoms with Crippen molar-refractivity contribution in [2.45, 2.75) is 13.3 Å². The van der Waals surface area contributed by atoms with Crippen LogP contribution < -0.4 is 17.8 Å². The van der Waals surface area contributed by atoms with Gasteiger partial charge in [0.05, 0.1) is 7.05 Å². The Kier molecular flexibility index (Phi) is 8.49. The van der Waals surface area contributed by atoms with Gasteiger partial charge in [-0.05, 0) is 12.2 Å². The van der Waals surface area contributed by atoms with Crippen molar-refractivity contribution in [2.24, 2.45) is 0 Å². The number of nitrogens with one attached hydrogen (secondary N) is 1. The molecular weight excluding hydrogens is 200 g/mol. The smallest absolute Gasteiger partial charge is 0.264 e. The van der Waals surface area contributed by atoms with Gasteiger partial charge in [-0.1, -0.05) is 20.1 Å². The van der Waals surface area contributed by atoms with Crippen LogP contribution in [0.1, 0.15) is 13.3 Å². The van der Waals surface area contributed by atoms with Crippen molar-refractivity contribution in [3.8, 4) is 0 Å². The molecule has 0 spiro atoms. The van der Waals surface area contributed by atoms with Crippen LogP contribution in [0.3, 0.4) is 0 Å². The Hall–Kier alpha value is -0.800. The van der Waals surface area contributed by atoms with E-state index in [0.29, 0.717) is 24.1 Å². The Bertz CT molecular complexity index is 194. The minimum atomic E-state index is 0. The fourth-order valence-corrected chi connectivity index (χ4v) is 1.12. The lowest BCUT2D eigenvalue weighted by Crippen LogP contribution is -3.00. The number of halogens is 1. The van der Waals surface area contributed by atoms with E-state index in [-0.39, 0.29) is 18.3 Å². The lowest BCUT2D eigenvalue weighted by molar-refractivity contribution is -0.932. The molecule has 0 unspecified atom stereocenters. The minimum absolute atomic E-state index is 0. The SMILES string of the molecule is C=CC[N+](C)(CC=C)NC(=O)CC.[Cl-]. The summed E-state index contributed by atoms with van der Waals surface area (Å²) >= 11 is 0. The zero-order valence-corrected chi connectivity index (χ0v) is 9.68. The van der Waals surface area contributed by atoms with Gasteiger partial charge in [0.15, 0.2) is 0 Å². The quantitative estimate of drug-likeness (QED) is 0.320. The molecule has 0 atom stereocenters. The summed E-state index contributed by atoms with van der Waals surface area (Å²) in [4.78, 5) is 11.2. The Balaban J connectivity index is 0. The van der Waals surface area contributed by atoms with Crippen molar-refractivity contribution in [1.29, 1.82) is 0 Å². The van der Waals surface area contributed by atoms with Crippen LogP contribution >= 0.6 is 0 Å². The van der Waals surface area contributed by atoms with Crippen molar-refractivity contribution in [3.05, 3.63) is 25.3 Å². The second-order valence-corrected chi connectivity index (χ2v) is 3.23. The molecule has 0 saturated heterocycles. The van der Waals surface area contributed by atoms with Gasteiger partial charge in [0.2, 0.25) is 0 Å². The van der Waals surface area contributed by atoms with Gasteiger partial charge in [0.25, 0.3) is 5.91 Å². The van der Waals surface area contributed by atoms with Crippen molar-refractivity contribution in [1.82, 2.24) is 5.43 Å². The fraction of sp³-hybridized carbons (Fsp3) is 0.500. The van der Waals surface area contributed by atoms with E-state index >= 15 is 0 Å². The molecule has 0 rings (SSSR count). The molecule has 0 aliphatic carbocycles. The maximum absolute atomic E-state index is 11.2. The summed E-state index contributed by atoms with van der Waals surface area (Å²) in [6, 6.07) is 0. The van der Waals surface area contributed by atoms with E-state index in [1.54, 1.807) is 12.2 Å². The highest BCUT2D eigenvalue weighted by molar-refractivity contribution is 5.74. The maximum Gasteiger partial charge on any atom is 0.264 e. The van der Waals surface area contributed by atoms with E-state index in [1.807, 2.05) is 14.0 Å². The van der Waals surface area contributed by atoms with E-state index in [1.165, 1.54) is 0 Å². The first-order valence-electron chi connectivity index (χ1n) is 4.45. The first-order valence-corrected chi connectivity index (χ1v) is 4.45. The van der Waals surface area contributed by atoms with Crippen LogP contribution in [0.15, 0.2) is 25.3 Å². The first kappa shape index (κ1) is 15.7. The lowest BCUT2D eigenvalue weighted by atomic mass is 10.4. The van der Waals surface area contributed by atoms with Gasteiger partial charge in [0, 0.05) is 6.42 Å². The van der Waals surface area contributed by atoms with E-state index in [9.17, 15) is 4.79 Å². The zero-order valence-electron chi connectivity index (χ0n) is 8.92. The second kappa shape index (κ2) is 7.59. The van der Waals surface area contributed by atoms with Gasteiger partial charge in [0.1, 0.15) is 13.1 Å². The van der Waals surface area contributed by atoms with Crippen LogP contribution in [-0.4, -0.2) is 30.6 Å². The normalized spacial score (nSPS) is 9.86. The third-order valence-corrected chi connectivity index (χ3v) is 1.78. The maximum atomic E-state index is 11.2. The summed E-state index contributed by atoms with van der Waals surface area (Å²) in [6.45, 7) is 10.6. The third kappa shape index (κ3) is 5.78. The molecule has 0 aromatic heterocycles. The molecule has 4 heteroatoms. The van der Waals surface area contributed by atoms with Crippen LogP contribution in [0.5, 0.6) is 0 Å². The van der Waals surface area contributed by atoms with Gasteiger partial charge in [-0.3, -0.25) is 4.79 Å². The van der Waals surface area contributed by atoms with Crippen molar-refractivity contribution < 1.29 is 21.8 Å². The van der Waals surface area contributed by atoms with E-state index in [2.05, 4.69) is 18.6 Å². The van der Waals surface area contributed by atoms with Gasteiger partial charge in [-0.2, -0.15) is 0 Å². The Morgan fingerprint density at radius 3 is 2.07 bits per heavy atom. The molecule has 0 aromatic rings. The Labute approximate surface area is 92.4 Å². The molecule has 0 fully saturated rings. The number of amides is 1. The molecule has 1 N–H and O–H groups in total. The number of nitrogens with zero attached hydrogens (tertiary/aromatic N) is 1. The van der Waals surface area contributed by atoms with Gasteiger partial charge in [-0.15, -0.1) is 0 Å². The van der Waals surface area contributed by atoms with Crippen LogP contribution in [0.4, 0.5) is 0 Å². The van der Waals surface area contributed by atoms with Gasteiger partial charge >= 0.3 is 0 Å². The molecule has 0 heterocycles. The van der Waals surface area contributed by atoms with Crippen LogP contribution in [0.25, 0.3) is 0 Å². The Morgan fingerprint density at radius 1 is 1.36 bits per heavy atom. The molecule has 3 nitrogen and oxygen atoms in total. The molecule has 0 aromatic carbocycles. The molecule has 0 aliphatic heterocycles. The molecule has 0 bridgehead atoms. The molecule has 0 saturated carbocycles. The molecular formula is C10H19ClN2O. The predicted molar refractivity (Wildman–Crippen MR) is 54.7 cm³/mol. The van der Waals surface area contributed by atoms with E-state index < -0.39 is 0 Å². The third-order valence-electron chi connectivity index (χ3n) is 1.78. The Morgan fingerprint density at radius 2 is 1.79 bits per heavy atom. The standard InChI is InChI=1S/C10H18N2O.ClH/c1-5-8-12(4,9-6-2)11-10(13)7-3;/h5-6H,1-2,7-9H2,3-4H3;1H. The predicted octanol–water partition coefficient (Wildman–Crippen LogP) is -1.75. The van der Waals surface area contributed by atoms with Crippen LogP contribution in [0.2, 0.25) is 0 Å². The van der Waals surface area contributed by atoms with Crippen LogP contribution in [-0.2, 0) is 4.79 Å². The van der Waals surface area contributed by atoms with Crippen LogP contribution in [0, 0.1) is 0 Å². The summed E-state index contributed by atoms with van der Waals surface area (Å²) in [7, 11) is 1.94. The summed E-state index contributed by atoms with van der Waals surface area (Å²) in [6.07, 6.45) is 4.08. The number of rotatable bonds is 6. The molecule has 14 heavy (non-hydrogen) atoms. The number of quaternary nitrogens is 1.